The molecule has 2 heterocycles. The van der Waals surface area contributed by atoms with Crippen molar-refractivity contribution in [2.24, 2.45) is 0 Å². The lowest BCUT2D eigenvalue weighted by Crippen LogP contribution is -2.12. The molecule has 4 nitrogen and oxygen atoms in total. The highest BCUT2D eigenvalue weighted by atomic mass is 16.4. The van der Waals surface area contributed by atoms with E-state index in [1.54, 1.807) is 6.07 Å². The zero-order valence-electron chi connectivity index (χ0n) is 12.6. The van der Waals surface area contributed by atoms with Crippen LogP contribution >= 0.6 is 0 Å². The molecule has 1 aliphatic carbocycles. The predicted octanol–water partition coefficient (Wildman–Crippen LogP) is 3.88. The van der Waals surface area contributed by atoms with Crippen molar-refractivity contribution in [3.05, 3.63) is 71.4 Å². The van der Waals surface area contributed by atoms with Gasteiger partial charge in [-0.05, 0) is 37.1 Å². The van der Waals surface area contributed by atoms with Gasteiger partial charge in [-0.15, -0.1) is 0 Å². The highest BCUT2D eigenvalue weighted by Gasteiger charge is 2.26. The Labute approximate surface area is 134 Å². The molecule has 4 heteroatoms. The van der Waals surface area contributed by atoms with Crippen LogP contribution in [0.1, 0.15) is 35.1 Å². The van der Waals surface area contributed by atoms with Crippen LogP contribution in [0.25, 0.3) is 11.5 Å². The van der Waals surface area contributed by atoms with Gasteiger partial charge in [0, 0.05) is 24.2 Å². The van der Waals surface area contributed by atoms with E-state index in [0.29, 0.717) is 17.4 Å². The first-order chi connectivity index (χ1) is 11.3. The fraction of sp³-hybridized carbons (Fsp3) is 0.211. The van der Waals surface area contributed by atoms with E-state index in [-0.39, 0.29) is 0 Å². The van der Waals surface area contributed by atoms with Gasteiger partial charge >= 0.3 is 0 Å². The minimum atomic E-state index is 0.371. The second-order valence-electron chi connectivity index (χ2n) is 5.74. The summed E-state index contributed by atoms with van der Waals surface area (Å²) in [7, 11) is 0. The smallest absolute Gasteiger partial charge is 0.227 e. The Kier molecular flexibility index (Phi) is 3.39. The monoisotopic (exact) mass is 301 g/mol. The van der Waals surface area contributed by atoms with E-state index in [2.05, 4.69) is 22.1 Å². The number of pyridine rings is 1. The molecule has 112 valence electrons. The maximum atomic E-state index is 9.25. The second-order valence-corrected chi connectivity index (χ2v) is 5.74. The van der Waals surface area contributed by atoms with Crippen LogP contribution in [0.4, 0.5) is 0 Å². The molecule has 0 spiro atoms. The van der Waals surface area contributed by atoms with Crippen LogP contribution in [0.3, 0.4) is 0 Å². The van der Waals surface area contributed by atoms with Crippen molar-refractivity contribution in [1.29, 1.82) is 5.26 Å². The van der Waals surface area contributed by atoms with Crippen LogP contribution in [-0.4, -0.2) is 9.97 Å². The van der Waals surface area contributed by atoms with Crippen LogP contribution in [0, 0.1) is 11.3 Å². The summed E-state index contributed by atoms with van der Waals surface area (Å²) < 4.78 is 6.00. The predicted molar refractivity (Wildman–Crippen MR) is 85.7 cm³/mol. The number of aryl methyl sites for hydroxylation is 1. The van der Waals surface area contributed by atoms with Gasteiger partial charge in [-0.1, -0.05) is 18.2 Å². The lowest BCUT2D eigenvalue weighted by atomic mass is 9.88. The van der Waals surface area contributed by atoms with E-state index in [1.165, 1.54) is 0 Å². The third kappa shape index (κ3) is 2.51. The maximum absolute atomic E-state index is 9.25. The van der Waals surface area contributed by atoms with Gasteiger partial charge in [-0.25, -0.2) is 4.98 Å². The number of benzene rings is 1. The Morgan fingerprint density at radius 2 is 2.00 bits per heavy atom. The van der Waals surface area contributed by atoms with Gasteiger partial charge in [0.15, 0.2) is 0 Å². The number of hydrogen-bond donors (Lipinski definition) is 0. The van der Waals surface area contributed by atoms with E-state index < -0.39 is 0 Å². The quantitative estimate of drug-likeness (QED) is 0.720. The summed E-state index contributed by atoms with van der Waals surface area (Å²) in [6, 6.07) is 15.6. The lowest BCUT2D eigenvalue weighted by Gasteiger charge is -2.19. The summed E-state index contributed by atoms with van der Waals surface area (Å²) in [6.07, 6.45) is 4.55. The van der Waals surface area contributed by atoms with Gasteiger partial charge in [-0.3, -0.25) is 4.98 Å². The van der Waals surface area contributed by atoms with Crippen LogP contribution in [0.5, 0.6) is 0 Å². The number of hydrogen-bond acceptors (Lipinski definition) is 4. The van der Waals surface area contributed by atoms with Gasteiger partial charge in [-0.2, -0.15) is 5.26 Å². The van der Waals surface area contributed by atoms with Gasteiger partial charge in [0.1, 0.15) is 5.76 Å². The average Bonchev–Trinajstić information content (AvgIpc) is 3.05. The maximum Gasteiger partial charge on any atom is 0.227 e. The Balaban J connectivity index is 1.67. The van der Waals surface area contributed by atoms with Crippen molar-refractivity contribution in [1.82, 2.24) is 9.97 Å². The van der Waals surface area contributed by atoms with Gasteiger partial charge in [0.25, 0.3) is 0 Å². The second kappa shape index (κ2) is 5.69. The Morgan fingerprint density at radius 1 is 1.13 bits per heavy atom. The van der Waals surface area contributed by atoms with Crippen LogP contribution in [-0.2, 0) is 12.8 Å². The standard InChI is InChI=1S/C19H15N3O/c20-12-14-5-1-2-6-15(14)19-22-17-9-8-13(11-18(17)23-19)16-7-3-4-10-21-16/h1-7,10,13H,8-9,11H2. The minimum absolute atomic E-state index is 0.371. The molecule has 1 unspecified atom stereocenters. The summed E-state index contributed by atoms with van der Waals surface area (Å²) in [6.45, 7) is 0. The molecule has 0 N–H and O–H groups in total. The lowest BCUT2D eigenvalue weighted by molar-refractivity contribution is 0.454. The van der Waals surface area contributed by atoms with Crippen LogP contribution in [0.2, 0.25) is 0 Å². The Bertz CT molecular complexity index is 877. The molecule has 3 aromatic rings. The van der Waals surface area contributed by atoms with Crippen molar-refractivity contribution in [2.45, 2.75) is 25.2 Å². The van der Waals surface area contributed by atoms with Crippen molar-refractivity contribution in [3.63, 3.8) is 0 Å². The molecule has 0 saturated carbocycles. The summed E-state index contributed by atoms with van der Waals surface area (Å²) in [4.78, 5) is 9.08. The van der Waals surface area contributed by atoms with E-state index in [9.17, 15) is 5.26 Å². The number of fused-ring (bicyclic) bond motifs is 1. The highest BCUT2D eigenvalue weighted by Crippen LogP contribution is 2.34. The molecule has 0 aliphatic heterocycles. The molecule has 0 fully saturated rings. The van der Waals surface area contributed by atoms with Crippen LogP contribution in [0.15, 0.2) is 53.1 Å². The molecule has 0 bridgehead atoms. The molecule has 0 radical (unpaired) electrons. The largest absolute Gasteiger partial charge is 0.441 e. The van der Waals surface area contributed by atoms with Crippen molar-refractivity contribution in [3.8, 4) is 17.5 Å². The molecule has 0 saturated heterocycles. The molecule has 1 atom stereocenters. The van der Waals surface area contributed by atoms with E-state index in [1.807, 2.05) is 36.5 Å². The molecular weight excluding hydrogens is 286 g/mol. The summed E-state index contributed by atoms with van der Waals surface area (Å²) >= 11 is 0. The third-order valence-corrected chi connectivity index (χ3v) is 4.32. The normalized spacial score (nSPS) is 16.6. The van der Waals surface area contributed by atoms with Crippen molar-refractivity contribution < 1.29 is 4.42 Å². The Hall–Kier alpha value is -2.93. The van der Waals surface area contributed by atoms with Gasteiger partial charge in [0.2, 0.25) is 5.89 Å². The molecule has 4 rings (SSSR count). The molecule has 0 amide bonds. The van der Waals surface area contributed by atoms with Gasteiger partial charge in [0.05, 0.1) is 22.9 Å². The minimum Gasteiger partial charge on any atom is -0.441 e. The zero-order valence-corrected chi connectivity index (χ0v) is 12.6. The fourth-order valence-corrected chi connectivity index (χ4v) is 3.13. The van der Waals surface area contributed by atoms with Gasteiger partial charge < -0.3 is 4.42 Å². The summed E-state index contributed by atoms with van der Waals surface area (Å²) in [5, 5.41) is 9.25. The molecule has 1 aromatic carbocycles. The topological polar surface area (TPSA) is 62.7 Å². The van der Waals surface area contributed by atoms with E-state index in [0.717, 1.165) is 42.0 Å². The molecule has 2 aromatic heterocycles. The highest BCUT2D eigenvalue weighted by molar-refractivity contribution is 5.63. The third-order valence-electron chi connectivity index (χ3n) is 4.32. The number of nitrogens with zero attached hydrogens (tertiary/aromatic N) is 3. The first-order valence-electron chi connectivity index (χ1n) is 7.74. The molecule has 1 aliphatic rings. The SMILES string of the molecule is N#Cc1ccccc1-c1nc2c(o1)CC(c1ccccn1)CC2. The number of oxazole rings is 1. The fourth-order valence-electron chi connectivity index (χ4n) is 3.13. The summed E-state index contributed by atoms with van der Waals surface area (Å²) in [5.41, 5.74) is 3.47. The molecular formula is C19H15N3O. The number of aromatic nitrogens is 2. The van der Waals surface area contributed by atoms with E-state index >= 15 is 0 Å². The first-order valence-corrected chi connectivity index (χ1v) is 7.74. The van der Waals surface area contributed by atoms with Crippen molar-refractivity contribution in [2.75, 3.05) is 0 Å². The first kappa shape index (κ1) is 13.7. The molecule has 23 heavy (non-hydrogen) atoms. The number of nitriles is 1. The van der Waals surface area contributed by atoms with Crippen LogP contribution < -0.4 is 0 Å². The van der Waals surface area contributed by atoms with E-state index in [4.69, 9.17) is 4.42 Å². The average molecular weight is 301 g/mol. The number of rotatable bonds is 2. The summed E-state index contributed by atoms with van der Waals surface area (Å²) in [5.74, 6) is 1.85. The Morgan fingerprint density at radius 3 is 2.83 bits per heavy atom. The van der Waals surface area contributed by atoms with Crippen molar-refractivity contribution >= 4 is 0 Å². The zero-order chi connectivity index (χ0) is 15.6.